The predicted molar refractivity (Wildman–Crippen MR) is 453 cm³/mol. The molecule has 0 aliphatic carbocycles. The SMILES string of the molecule is CCCCN(CCCN1CCOCC1)C(=O)Oc1c(Cc2ccccc2)nc2c(Cc3ccccc3)nc(-c3ccccc3)cn12.NCCCN1CCOCC1.O=C(Oc1c(F)c(F)c(F)c(F)c1F)Oc1c(Cc2ccco2)nc2c(Cc3ccccc3)nc(-c3ccccc3)cn12.O=S(=O)([O-])CCCNCCCN1CCOCC1.O=S1(=O)CCCO1. The van der Waals surface area contributed by atoms with E-state index in [1.807, 2.05) is 131 Å². The maximum absolute atomic E-state index is 14.2. The molecule has 15 rings (SSSR count). The van der Waals surface area contributed by atoms with Gasteiger partial charge in [0.15, 0.2) is 11.3 Å². The fourth-order valence-electron chi connectivity index (χ4n) is 13.7. The van der Waals surface area contributed by atoms with Gasteiger partial charge >= 0.3 is 12.2 Å². The minimum Gasteiger partial charge on any atom is -0.748 e. The highest BCUT2D eigenvalue weighted by molar-refractivity contribution is 7.86. The van der Waals surface area contributed by atoms with Gasteiger partial charge in [-0.25, -0.2) is 51.1 Å². The first-order valence-corrected chi connectivity index (χ1v) is 44.4. The van der Waals surface area contributed by atoms with Crippen LogP contribution in [0.1, 0.15) is 97.1 Å². The third kappa shape index (κ3) is 29.1. The molecule has 4 aliphatic heterocycles. The van der Waals surface area contributed by atoms with Gasteiger partial charge < -0.3 is 53.3 Å². The molecule has 11 aromatic rings. The Kier molecular flexibility index (Phi) is 36.4. The van der Waals surface area contributed by atoms with Crippen molar-refractivity contribution in [1.82, 2.24) is 53.7 Å². The van der Waals surface area contributed by atoms with E-state index in [1.165, 1.54) is 10.7 Å². The van der Waals surface area contributed by atoms with Crippen molar-refractivity contribution in [1.29, 1.82) is 0 Å². The zero-order valence-electron chi connectivity index (χ0n) is 68.7. The van der Waals surface area contributed by atoms with Gasteiger partial charge in [-0.2, -0.15) is 17.2 Å². The van der Waals surface area contributed by atoms with Crippen molar-refractivity contribution in [3.05, 3.63) is 257 Å². The third-order valence-corrected chi connectivity index (χ3v) is 22.2. The average molecular weight is 1740 g/mol. The molecule has 3 N–H and O–H groups in total. The van der Waals surface area contributed by atoms with E-state index in [2.05, 4.69) is 77.2 Å². The Hall–Kier alpha value is -10.5. The van der Waals surface area contributed by atoms with Crippen molar-refractivity contribution < 1.29 is 90.0 Å². The predicted octanol–water partition coefficient (Wildman–Crippen LogP) is 13.0. The fraction of sp³-hybridized carbons (Fsp3) is 0.393. The first-order valence-electron chi connectivity index (χ1n) is 41.3. The first-order chi connectivity index (χ1) is 59.7. The van der Waals surface area contributed by atoms with Crippen molar-refractivity contribution in [2.45, 2.75) is 77.6 Å². The van der Waals surface area contributed by atoms with Crippen LogP contribution in [0.5, 0.6) is 17.5 Å². The first kappa shape index (κ1) is 93.2. The molecule has 0 radical (unpaired) electrons. The number of rotatable bonds is 31. The topological polar surface area (TPSA) is 315 Å². The number of hydrogen-bond donors (Lipinski definition) is 2. The Balaban J connectivity index is 0.000000174. The van der Waals surface area contributed by atoms with Gasteiger partial charge in [-0.3, -0.25) is 27.7 Å². The van der Waals surface area contributed by atoms with Crippen LogP contribution in [-0.4, -0.2) is 231 Å². The molecule has 0 unspecified atom stereocenters. The van der Waals surface area contributed by atoms with Crippen LogP contribution in [0.4, 0.5) is 31.5 Å². The largest absolute Gasteiger partial charge is 0.748 e. The van der Waals surface area contributed by atoms with Crippen molar-refractivity contribution in [3.63, 3.8) is 0 Å². The molecule has 9 heterocycles. The number of nitrogens with zero attached hydrogens (tertiary/aromatic N) is 10. The number of nitrogens with two attached hydrogens (primary N) is 1. The lowest BCUT2D eigenvalue weighted by atomic mass is 10.1. The minimum absolute atomic E-state index is 0.00523. The van der Waals surface area contributed by atoms with E-state index < -0.39 is 61.2 Å². The number of aromatic nitrogens is 6. The Labute approximate surface area is 713 Å². The van der Waals surface area contributed by atoms with Crippen LogP contribution in [0.3, 0.4) is 0 Å². The van der Waals surface area contributed by atoms with E-state index in [4.69, 9.17) is 48.8 Å². The summed E-state index contributed by atoms with van der Waals surface area (Å²) in [7, 11) is -7.09. The average Bonchev–Trinajstić information content (AvgIpc) is 1.64. The number of unbranched alkanes of at least 4 members (excludes halogenated alkanes) is 1. The Morgan fingerprint density at radius 1 is 0.512 bits per heavy atom. The molecule has 4 aliphatic rings. The van der Waals surface area contributed by atoms with Crippen LogP contribution >= 0.6 is 0 Å². The van der Waals surface area contributed by atoms with Crippen LogP contribution in [-0.2, 0) is 64.3 Å². The lowest BCUT2D eigenvalue weighted by molar-refractivity contribution is 0.0361. The van der Waals surface area contributed by atoms with Gasteiger partial charge in [0.2, 0.25) is 46.6 Å². The molecule has 0 atom stereocenters. The summed E-state index contributed by atoms with van der Waals surface area (Å²) in [6.45, 7) is 20.2. The van der Waals surface area contributed by atoms with Crippen molar-refractivity contribution in [2.24, 2.45) is 5.73 Å². The maximum atomic E-state index is 14.2. The molecule has 5 aromatic heterocycles. The molecule has 658 valence electrons. The van der Waals surface area contributed by atoms with Crippen LogP contribution in [0.15, 0.2) is 187 Å². The number of furan rings is 1. The summed E-state index contributed by atoms with van der Waals surface area (Å²) in [6.07, 6.45) is 10.3. The van der Waals surface area contributed by atoms with Crippen LogP contribution in [0.25, 0.3) is 33.8 Å². The Morgan fingerprint density at radius 2 is 0.943 bits per heavy atom. The maximum Gasteiger partial charge on any atom is 0.520 e. The monoisotopic (exact) mass is 1740 g/mol. The molecule has 34 heteroatoms. The Bertz CT molecular complexity index is 5290. The second-order valence-electron chi connectivity index (χ2n) is 29.3. The summed E-state index contributed by atoms with van der Waals surface area (Å²) in [4.78, 5) is 55.5. The van der Waals surface area contributed by atoms with E-state index in [-0.39, 0.29) is 41.2 Å². The van der Waals surface area contributed by atoms with Gasteiger partial charge in [0, 0.05) is 107 Å². The number of amides is 1. The number of imidazole rings is 2. The van der Waals surface area contributed by atoms with Gasteiger partial charge in [0.1, 0.15) is 17.1 Å². The van der Waals surface area contributed by atoms with E-state index in [9.17, 15) is 52.9 Å². The summed E-state index contributed by atoms with van der Waals surface area (Å²) in [5.41, 5.74) is 14.7. The van der Waals surface area contributed by atoms with E-state index in [1.54, 1.807) is 18.3 Å². The van der Waals surface area contributed by atoms with E-state index in [0.717, 1.165) is 183 Å². The smallest absolute Gasteiger partial charge is 0.520 e. The number of ether oxygens (including phenoxy) is 6. The van der Waals surface area contributed by atoms with Crippen molar-refractivity contribution >= 4 is 43.8 Å². The van der Waals surface area contributed by atoms with Crippen LogP contribution < -0.4 is 25.3 Å². The number of hydrogen-bond acceptors (Lipinski definition) is 24. The number of fused-ring (bicyclic) bond motifs is 2. The standard InChI is InChI=1S/C38H43N5O3.C31H18F5N3O4.C10H22N2O4S.C7H16N2O.C3H6O3S/c1-2-3-21-42(22-13-20-41-23-25-45-26-24-41)38(44)46-37-34(28-31-16-9-5-10-17-31)40-36-33(27-30-14-7-4-8-15-30)39-35(29-43(36)37)32-18-11-6-12-19-32;32-23-24(33)26(35)28(27(36)25(23)34)42-31(40)43-30-21(15-19-12-7-13-41-19)38-29-20(14-17-8-3-1-4-9-17)37-22(16-39(29)30)18-10-5-2-6-11-18;13-17(14,15)10-2-4-11-3-1-5-12-6-8-16-9-7-12;8-2-1-3-9-4-6-10-7-5-9;4-7(5)3-1-2-6-7/h4-12,14-19,29H,2-3,13,20-28H2,1H3;1-13,16H,14-15H2;11H,1-10H2,(H,13,14,15);1-8H2;1-3H2/p-1. The minimum atomic E-state index is -4.05. The molecule has 0 bridgehead atoms. The lowest BCUT2D eigenvalue weighted by Crippen LogP contribution is -2.40. The molecule has 6 aromatic carbocycles. The quantitative estimate of drug-likeness (QED) is 0.00596. The van der Waals surface area contributed by atoms with Gasteiger partial charge in [0.05, 0.1) is 97.6 Å². The summed E-state index contributed by atoms with van der Waals surface area (Å²) in [5, 5.41) is 3.14. The molecule has 27 nitrogen and oxygen atoms in total. The van der Waals surface area contributed by atoms with Crippen LogP contribution in [0.2, 0.25) is 0 Å². The molecule has 0 spiro atoms. The number of carbonyl (C=O) groups excluding carboxylic acids is 2. The number of halogens is 5. The molecule has 4 fully saturated rings. The Morgan fingerprint density at radius 3 is 1.37 bits per heavy atom. The zero-order chi connectivity index (χ0) is 86.8. The van der Waals surface area contributed by atoms with Gasteiger partial charge in [0.25, 0.3) is 10.1 Å². The molecule has 123 heavy (non-hydrogen) atoms. The van der Waals surface area contributed by atoms with Gasteiger partial charge in [-0.05, 0) is 100 Å². The van der Waals surface area contributed by atoms with E-state index >= 15 is 0 Å². The highest BCUT2D eigenvalue weighted by Crippen LogP contribution is 2.35. The van der Waals surface area contributed by atoms with Crippen LogP contribution in [0, 0.1) is 29.1 Å². The molecule has 4 saturated heterocycles. The molecule has 1 amide bonds. The normalized spacial score (nSPS) is 14.9. The number of nitrogens with one attached hydrogen (secondary N) is 1. The summed E-state index contributed by atoms with van der Waals surface area (Å²) >= 11 is 0. The number of morpholine rings is 3. The molecular weight excluding hydrogens is 1640 g/mol. The highest BCUT2D eigenvalue weighted by atomic mass is 32.2. The van der Waals surface area contributed by atoms with Crippen molar-refractivity contribution in [3.8, 4) is 40.0 Å². The van der Waals surface area contributed by atoms with Gasteiger partial charge in [-0.15, -0.1) is 0 Å². The fourth-order valence-corrected chi connectivity index (χ4v) is 15.2. The van der Waals surface area contributed by atoms with Gasteiger partial charge in [-0.1, -0.05) is 165 Å². The summed E-state index contributed by atoms with van der Waals surface area (Å²) in [6, 6.07) is 52.4. The zero-order valence-corrected chi connectivity index (χ0v) is 70.4. The molecular formula is C89H104F5N12O15S2-. The number of benzene rings is 6. The third-order valence-electron chi connectivity index (χ3n) is 20.1. The highest BCUT2D eigenvalue weighted by Gasteiger charge is 2.32. The summed E-state index contributed by atoms with van der Waals surface area (Å²) < 4.78 is 166. The summed E-state index contributed by atoms with van der Waals surface area (Å²) in [5.74, 6) is -12.9. The molecule has 0 saturated carbocycles. The lowest BCUT2D eigenvalue weighted by Gasteiger charge is -2.28. The number of carbonyl (C=O) groups is 2. The van der Waals surface area contributed by atoms with Crippen molar-refractivity contribution in [2.75, 3.05) is 149 Å². The second-order valence-corrected chi connectivity index (χ2v) is 32.6. The second kappa shape index (κ2) is 48.0. The van der Waals surface area contributed by atoms with E-state index in [0.29, 0.717) is 92.7 Å².